The van der Waals surface area contributed by atoms with Gasteiger partial charge in [-0.15, -0.1) is 0 Å². The second kappa shape index (κ2) is 6.56. The van der Waals surface area contributed by atoms with Crippen molar-refractivity contribution >= 4 is 17.3 Å². The van der Waals surface area contributed by atoms with Crippen LogP contribution in [0.25, 0.3) is 0 Å². The summed E-state index contributed by atoms with van der Waals surface area (Å²) in [6.07, 6.45) is 4.02. The van der Waals surface area contributed by atoms with E-state index in [-0.39, 0.29) is 11.6 Å². The van der Waals surface area contributed by atoms with Crippen LogP contribution in [0.4, 0.5) is 11.4 Å². The lowest BCUT2D eigenvalue weighted by Gasteiger charge is -2.23. The minimum Gasteiger partial charge on any atom is -0.387 e. The molecule has 1 aliphatic carbocycles. The molecule has 2 rings (SSSR count). The summed E-state index contributed by atoms with van der Waals surface area (Å²) in [5.41, 5.74) is 0.964. The predicted octanol–water partition coefficient (Wildman–Crippen LogP) is 3.04. The Balaban J connectivity index is 2.30. The van der Waals surface area contributed by atoms with E-state index in [1.54, 1.807) is 13.1 Å². The van der Waals surface area contributed by atoms with Crippen molar-refractivity contribution in [1.29, 1.82) is 0 Å². The molecule has 1 aliphatic rings. The largest absolute Gasteiger partial charge is 0.387 e. The second-order valence-electron chi connectivity index (χ2n) is 5.32. The molecule has 0 radical (unpaired) electrons. The van der Waals surface area contributed by atoms with E-state index >= 15 is 0 Å². The smallest absolute Gasteiger partial charge is 0.270 e. The number of nitrogens with zero attached hydrogens (tertiary/aromatic N) is 2. The van der Waals surface area contributed by atoms with E-state index in [1.807, 2.05) is 4.90 Å². The van der Waals surface area contributed by atoms with Crippen molar-refractivity contribution in [3.05, 3.63) is 33.9 Å². The van der Waals surface area contributed by atoms with Gasteiger partial charge in [0.05, 0.1) is 10.5 Å². The Bertz CT molecular complexity index is 541. The van der Waals surface area contributed by atoms with Crippen molar-refractivity contribution in [2.75, 3.05) is 18.9 Å². The van der Waals surface area contributed by atoms with Crippen LogP contribution < -0.4 is 5.32 Å². The number of carbonyl (C=O) groups excluding carboxylic acids is 1. The minimum atomic E-state index is -0.469. The molecular formula is C15H21N3O3. The highest BCUT2D eigenvalue weighted by atomic mass is 16.6. The number of hydrogen-bond donors (Lipinski definition) is 1. The summed E-state index contributed by atoms with van der Waals surface area (Å²) in [5, 5.41) is 13.9. The molecule has 0 aliphatic heterocycles. The number of amides is 1. The Morgan fingerprint density at radius 3 is 2.71 bits per heavy atom. The predicted molar refractivity (Wildman–Crippen MR) is 81.6 cm³/mol. The molecule has 6 heteroatoms. The molecular weight excluding hydrogens is 270 g/mol. The van der Waals surface area contributed by atoms with Gasteiger partial charge in [0.2, 0.25) is 0 Å². The van der Waals surface area contributed by atoms with Gasteiger partial charge in [0.15, 0.2) is 0 Å². The van der Waals surface area contributed by atoms with E-state index < -0.39 is 4.92 Å². The molecule has 114 valence electrons. The molecule has 0 bridgehead atoms. The maximum Gasteiger partial charge on any atom is 0.270 e. The second-order valence-corrected chi connectivity index (χ2v) is 5.32. The zero-order valence-electron chi connectivity index (χ0n) is 12.5. The Kier molecular flexibility index (Phi) is 4.77. The number of anilines is 1. The van der Waals surface area contributed by atoms with E-state index in [1.165, 1.54) is 12.1 Å². The minimum absolute atomic E-state index is 0.0522. The molecule has 0 spiro atoms. The summed E-state index contributed by atoms with van der Waals surface area (Å²) in [5.74, 6) is -0.112. The van der Waals surface area contributed by atoms with Gasteiger partial charge in [0, 0.05) is 37.5 Å². The van der Waals surface area contributed by atoms with Crippen molar-refractivity contribution in [2.24, 2.45) is 0 Å². The third kappa shape index (κ3) is 3.51. The molecule has 0 saturated heterocycles. The number of nitrogens with one attached hydrogen (secondary N) is 1. The lowest BCUT2D eigenvalue weighted by molar-refractivity contribution is -0.384. The van der Waals surface area contributed by atoms with Gasteiger partial charge in [-0.25, -0.2) is 0 Å². The Morgan fingerprint density at radius 2 is 2.19 bits per heavy atom. The fourth-order valence-corrected chi connectivity index (χ4v) is 2.36. The summed E-state index contributed by atoms with van der Waals surface area (Å²) in [6, 6.07) is 4.68. The maximum atomic E-state index is 12.8. The Morgan fingerprint density at radius 1 is 1.48 bits per heavy atom. The molecule has 1 aromatic rings. The van der Waals surface area contributed by atoms with Crippen LogP contribution >= 0.6 is 0 Å². The normalized spacial score (nSPS) is 13.8. The van der Waals surface area contributed by atoms with Crippen LogP contribution in [0.2, 0.25) is 0 Å². The Labute approximate surface area is 124 Å². The van der Waals surface area contributed by atoms with Gasteiger partial charge in [-0.2, -0.15) is 0 Å². The fraction of sp³-hybridized carbons (Fsp3) is 0.533. The summed E-state index contributed by atoms with van der Waals surface area (Å²) in [6.45, 7) is 2.80. The fourth-order valence-electron chi connectivity index (χ4n) is 2.36. The van der Waals surface area contributed by atoms with Gasteiger partial charge in [-0.05, 0) is 25.3 Å². The monoisotopic (exact) mass is 291 g/mol. The first-order valence-corrected chi connectivity index (χ1v) is 7.35. The topological polar surface area (TPSA) is 75.5 Å². The molecule has 1 fully saturated rings. The summed E-state index contributed by atoms with van der Waals surface area (Å²) in [7, 11) is 1.71. The van der Waals surface area contributed by atoms with Crippen LogP contribution in [-0.4, -0.2) is 35.4 Å². The zero-order valence-corrected chi connectivity index (χ0v) is 12.5. The molecule has 0 heterocycles. The maximum absolute atomic E-state index is 12.8. The lowest BCUT2D eigenvalue weighted by Crippen LogP contribution is -2.34. The third-order valence-corrected chi connectivity index (χ3v) is 3.71. The highest BCUT2D eigenvalue weighted by Crippen LogP contribution is 2.31. The van der Waals surface area contributed by atoms with Crippen molar-refractivity contribution in [2.45, 2.75) is 38.6 Å². The first-order valence-electron chi connectivity index (χ1n) is 7.35. The molecule has 1 aromatic carbocycles. The molecule has 1 saturated carbocycles. The van der Waals surface area contributed by atoms with Crippen molar-refractivity contribution in [3.8, 4) is 0 Å². The number of unbranched alkanes of at least 4 members (excludes halogenated alkanes) is 1. The Hall–Kier alpha value is -2.11. The lowest BCUT2D eigenvalue weighted by atomic mass is 10.1. The highest BCUT2D eigenvalue weighted by Gasteiger charge is 2.33. The quantitative estimate of drug-likeness (QED) is 0.619. The van der Waals surface area contributed by atoms with Gasteiger partial charge < -0.3 is 10.2 Å². The summed E-state index contributed by atoms with van der Waals surface area (Å²) >= 11 is 0. The number of nitro benzene ring substituents is 1. The van der Waals surface area contributed by atoms with E-state index in [4.69, 9.17) is 0 Å². The van der Waals surface area contributed by atoms with E-state index in [2.05, 4.69) is 12.2 Å². The van der Waals surface area contributed by atoms with Crippen molar-refractivity contribution in [1.82, 2.24) is 4.90 Å². The standard InChI is InChI=1S/C15H21N3O3/c1-3-4-9-17(11-5-6-11)15(19)13-10-12(18(20)21)7-8-14(13)16-2/h7-8,10-11,16H,3-6,9H2,1-2H3. The number of rotatable bonds is 7. The van der Waals surface area contributed by atoms with Gasteiger partial charge in [0.25, 0.3) is 11.6 Å². The number of carbonyl (C=O) groups is 1. The number of benzene rings is 1. The number of nitro groups is 1. The molecule has 1 amide bonds. The summed E-state index contributed by atoms with van der Waals surface area (Å²) in [4.78, 5) is 25.1. The van der Waals surface area contributed by atoms with Crippen molar-refractivity contribution < 1.29 is 9.72 Å². The first kappa shape index (κ1) is 15.3. The van der Waals surface area contributed by atoms with E-state index in [0.29, 0.717) is 23.8 Å². The van der Waals surface area contributed by atoms with Crippen LogP contribution in [-0.2, 0) is 0 Å². The van der Waals surface area contributed by atoms with Crippen LogP contribution in [0.1, 0.15) is 43.0 Å². The van der Waals surface area contributed by atoms with Gasteiger partial charge >= 0.3 is 0 Å². The van der Waals surface area contributed by atoms with E-state index in [0.717, 1.165) is 25.7 Å². The molecule has 0 atom stereocenters. The highest BCUT2D eigenvalue weighted by molar-refractivity contribution is 6.00. The molecule has 21 heavy (non-hydrogen) atoms. The summed E-state index contributed by atoms with van der Waals surface area (Å²) < 4.78 is 0. The van der Waals surface area contributed by atoms with E-state index in [9.17, 15) is 14.9 Å². The molecule has 1 N–H and O–H groups in total. The zero-order chi connectivity index (χ0) is 15.4. The molecule has 0 unspecified atom stereocenters. The van der Waals surface area contributed by atoms with Crippen LogP contribution in [0, 0.1) is 10.1 Å². The van der Waals surface area contributed by atoms with Gasteiger partial charge in [-0.1, -0.05) is 13.3 Å². The SMILES string of the molecule is CCCCN(C(=O)c1cc([N+](=O)[O-])ccc1NC)C1CC1. The number of non-ortho nitro benzene ring substituents is 1. The average molecular weight is 291 g/mol. The van der Waals surface area contributed by atoms with Crippen LogP contribution in [0.3, 0.4) is 0 Å². The van der Waals surface area contributed by atoms with Gasteiger partial charge in [-0.3, -0.25) is 14.9 Å². The number of hydrogen-bond acceptors (Lipinski definition) is 4. The molecule has 6 nitrogen and oxygen atoms in total. The van der Waals surface area contributed by atoms with Crippen molar-refractivity contribution in [3.63, 3.8) is 0 Å². The van der Waals surface area contributed by atoms with Crippen LogP contribution in [0.5, 0.6) is 0 Å². The molecule has 0 aromatic heterocycles. The first-order chi connectivity index (χ1) is 10.1. The van der Waals surface area contributed by atoms with Gasteiger partial charge in [0.1, 0.15) is 0 Å². The average Bonchev–Trinajstić information content (AvgIpc) is 3.31. The third-order valence-electron chi connectivity index (χ3n) is 3.71. The van der Waals surface area contributed by atoms with Crippen LogP contribution in [0.15, 0.2) is 18.2 Å².